The van der Waals surface area contributed by atoms with Gasteiger partial charge < -0.3 is 10.1 Å². The minimum Gasteiger partial charge on any atom is -0.452 e. The second kappa shape index (κ2) is 8.84. The smallest absolute Gasteiger partial charge is 0.345 e. The number of ether oxygens (including phenoxy) is 1. The van der Waals surface area contributed by atoms with Crippen molar-refractivity contribution in [3.63, 3.8) is 0 Å². The Morgan fingerprint density at radius 3 is 2.17 bits per heavy atom. The number of carbonyl (C=O) groups is 4. The van der Waals surface area contributed by atoms with Crippen LogP contribution in [0.3, 0.4) is 0 Å². The zero-order valence-corrected chi connectivity index (χ0v) is 19.0. The molecule has 0 spiro atoms. The standard InChI is InChI=1S/C27H20N2O7/c30-21(28-15-27(12-13-27)16-6-2-1-3-7-16)14-36-26(33)20-11-10-19-22(23(20)29(34)35)25(32)18-9-5-4-8-17(18)24(19)31/h1-11H,12-15H2,(H,28,30). The largest absolute Gasteiger partial charge is 0.452 e. The molecule has 1 saturated carbocycles. The van der Waals surface area contributed by atoms with Gasteiger partial charge in [0.1, 0.15) is 11.1 Å². The Morgan fingerprint density at radius 1 is 0.889 bits per heavy atom. The first-order valence-corrected chi connectivity index (χ1v) is 11.3. The average molecular weight is 484 g/mol. The predicted molar refractivity (Wildman–Crippen MR) is 127 cm³/mol. The van der Waals surface area contributed by atoms with Crippen molar-refractivity contribution in [3.8, 4) is 0 Å². The van der Waals surface area contributed by atoms with E-state index < -0.39 is 51.8 Å². The second-order valence-electron chi connectivity index (χ2n) is 8.84. The third-order valence-corrected chi connectivity index (χ3v) is 6.67. The maximum absolute atomic E-state index is 13.0. The van der Waals surface area contributed by atoms with Crippen LogP contribution in [0.15, 0.2) is 66.7 Å². The molecule has 3 aromatic carbocycles. The van der Waals surface area contributed by atoms with Crippen LogP contribution in [0.4, 0.5) is 5.69 Å². The minimum absolute atomic E-state index is 0.0235. The van der Waals surface area contributed by atoms with E-state index in [1.807, 2.05) is 30.3 Å². The van der Waals surface area contributed by atoms with Crippen molar-refractivity contribution >= 4 is 29.1 Å². The maximum Gasteiger partial charge on any atom is 0.345 e. The molecule has 1 amide bonds. The lowest BCUT2D eigenvalue weighted by Crippen LogP contribution is -2.35. The molecular weight excluding hydrogens is 464 g/mol. The zero-order chi connectivity index (χ0) is 25.4. The lowest BCUT2D eigenvalue weighted by atomic mass is 9.82. The summed E-state index contributed by atoms with van der Waals surface area (Å²) in [7, 11) is 0. The molecule has 3 aromatic rings. The van der Waals surface area contributed by atoms with Crippen LogP contribution in [0, 0.1) is 10.1 Å². The van der Waals surface area contributed by atoms with Crippen molar-refractivity contribution < 1.29 is 28.8 Å². The van der Waals surface area contributed by atoms with Gasteiger partial charge in [0, 0.05) is 28.7 Å². The highest BCUT2D eigenvalue weighted by Crippen LogP contribution is 2.47. The summed E-state index contributed by atoms with van der Waals surface area (Å²) in [5.74, 6) is -2.96. The highest BCUT2D eigenvalue weighted by atomic mass is 16.6. The third-order valence-electron chi connectivity index (χ3n) is 6.67. The molecule has 0 unspecified atom stereocenters. The van der Waals surface area contributed by atoms with E-state index in [9.17, 15) is 29.3 Å². The first-order valence-electron chi connectivity index (χ1n) is 11.3. The van der Waals surface area contributed by atoms with Crippen molar-refractivity contribution in [2.24, 2.45) is 0 Å². The number of hydrogen-bond acceptors (Lipinski definition) is 7. The van der Waals surface area contributed by atoms with Gasteiger partial charge in [0.2, 0.25) is 5.78 Å². The first-order chi connectivity index (χ1) is 17.3. The number of nitrogens with one attached hydrogen (secondary N) is 1. The third kappa shape index (κ3) is 3.94. The molecular formula is C27H20N2O7. The highest BCUT2D eigenvalue weighted by Gasteiger charge is 2.44. The topological polar surface area (TPSA) is 133 Å². The van der Waals surface area contributed by atoms with E-state index in [-0.39, 0.29) is 22.1 Å². The Hall–Kier alpha value is -4.66. The Balaban J connectivity index is 1.32. The van der Waals surface area contributed by atoms with Crippen molar-refractivity contribution in [2.45, 2.75) is 18.3 Å². The molecule has 0 aromatic heterocycles. The van der Waals surface area contributed by atoms with E-state index in [1.54, 1.807) is 12.1 Å². The van der Waals surface area contributed by atoms with Crippen LogP contribution in [0.2, 0.25) is 0 Å². The molecule has 9 heteroatoms. The van der Waals surface area contributed by atoms with Gasteiger partial charge >= 0.3 is 5.97 Å². The summed E-state index contributed by atoms with van der Waals surface area (Å²) >= 11 is 0. The molecule has 180 valence electrons. The number of hydrogen-bond donors (Lipinski definition) is 1. The van der Waals surface area contributed by atoms with Crippen LogP contribution in [-0.4, -0.2) is 41.5 Å². The molecule has 0 heterocycles. The molecule has 2 aliphatic carbocycles. The first kappa shape index (κ1) is 23.1. The van der Waals surface area contributed by atoms with E-state index in [0.717, 1.165) is 24.5 Å². The van der Waals surface area contributed by atoms with E-state index >= 15 is 0 Å². The molecule has 9 nitrogen and oxygen atoms in total. The Bertz CT molecular complexity index is 1440. The van der Waals surface area contributed by atoms with Gasteiger partial charge in [0.25, 0.3) is 11.6 Å². The summed E-state index contributed by atoms with van der Waals surface area (Å²) < 4.78 is 5.04. The van der Waals surface area contributed by atoms with Gasteiger partial charge in [-0.3, -0.25) is 24.5 Å². The van der Waals surface area contributed by atoms with E-state index in [4.69, 9.17) is 4.74 Å². The van der Waals surface area contributed by atoms with Gasteiger partial charge in [0.05, 0.1) is 4.92 Å². The van der Waals surface area contributed by atoms with Crippen LogP contribution in [0.25, 0.3) is 0 Å². The SMILES string of the molecule is O=C(COC(=O)c1ccc2c(c1[N+](=O)[O-])C(=O)c1ccccc1C2=O)NCC1(c2ccccc2)CC1. The van der Waals surface area contributed by atoms with E-state index in [2.05, 4.69) is 5.32 Å². The van der Waals surface area contributed by atoms with Crippen LogP contribution in [0.1, 0.15) is 60.6 Å². The fourth-order valence-corrected chi connectivity index (χ4v) is 4.56. The number of nitrogens with zero attached hydrogens (tertiary/aromatic N) is 1. The van der Waals surface area contributed by atoms with Crippen molar-refractivity contribution in [3.05, 3.63) is 110 Å². The average Bonchev–Trinajstić information content (AvgIpc) is 3.70. The lowest BCUT2D eigenvalue weighted by molar-refractivity contribution is -0.385. The Morgan fingerprint density at radius 2 is 1.53 bits per heavy atom. The van der Waals surface area contributed by atoms with Gasteiger partial charge in [0.15, 0.2) is 12.4 Å². The number of fused-ring (bicyclic) bond motifs is 2. The fourth-order valence-electron chi connectivity index (χ4n) is 4.56. The number of amides is 1. The highest BCUT2D eigenvalue weighted by molar-refractivity contribution is 6.30. The van der Waals surface area contributed by atoms with E-state index in [0.29, 0.717) is 6.54 Å². The molecule has 0 atom stereocenters. The molecule has 1 fully saturated rings. The molecule has 2 aliphatic rings. The van der Waals surface area contributed by atoms with E-state index in [1.165, 1.54) is 18.2 Å². The Kier molecular flexibility index (Phi) is 5.68. The zero-order valence-electron chi connectivity index (χ0n) is 19.0. The fraction of sp³-hybridized carbons (Fsp3) is 0.185. The number of rotatable bonds is 7. The summed E-state index contributed by atoms with van der Waals surface area (Å²) in [5.41, 5.74) is -0.789. The van der Waals surface area contributed by atoms with Crippen LogP contribution in [-0.2, 0) is 14.9 Å². The van der Waals surface area contributed by atoms with Crippen molar-refractivity contribution in [1.82, 2.24) is 5.32 Å². The number of esters is 1. The molecule has 0 bridgehead atoms. The summed E-state index contributed by atoms with van der Waals surface area (Å²) in [5, 5.41) is 14.7. The van der Waals surface area contributed by atoms with Gasteiger partial charge in [-0.15, -0.1) is 0 Å². The normalized spacial score (nSPS) is 14.9. The minimum atomic E-state index is -1.14. The van der Waals surface area contributed by atoms with Crippen molar-refractivity contribution in [1.29, 1.82) is 0 Å². The molecule has 0 saturated heterocycles. The van der Waals surface area contributed by atoms with Crippen LogP contribution in [0.5, 0.6) is 0 Å². The molecule has 0 radical (unpaired) electrons. The number of nitro groups is 1. The number of ketones is 2. The maximum atomic E-state index is 13.0. The number of nitro benzene ring substituents is 1. The van der Waals surface area contributed by atoms with Gasteiger partial charge in [-0.05, 0) is 30.5 Å². The van der Waals surface area contributed by atoms with Gasteiger partial charge in [-0.25, -0.2) is 4.79 Å². The Labute approximate surface area is 205 Å². The molecule has 0 aliphatic heterocycles. The quantitative estimate of drug-likeness (QED) is 0.242. The summed E-state index contributed by atoms with van der Waals surface area (Å²) in [4.78, 5) is 62.0. The predicted octanol–water partition coefficient (Wildman–Crippen LogP) is 3.38. The van der Waals surface area contributed by atoms with Gasteiger partial charge in [-0.2, -0.15) is 0 Å². The molecule has 5 rings (SSSR count). The second-order valence-corrected chi connectivity index (χ2v) is 8.84. The monoisotopic (exact) mass is 484 g/mol. The van der Waals surface area contributed by atoms with Crippen LogP contribution >= 0.6 is 0 Å². The summed E-state index contributed by atoms with van der Waals surface area (Å²) in [6.07, 6.45) is 1.85. The molecule has 1 N–H and O–H groups in total. The molecule has 36 heavy (non-hydrogen) atoms. The van der Waals surface area contributed by atoms with Crippen molar-refractivity contribution in [2.75, 3.05) is 13.2 Å². The number of benzene rings is 3. The number of carbonyl (C=O) groups excluding carboxylic acids is 4. The lowest BCUT2D eigenvalue weighted by Gasteiger charge is -2.18. The summed E-state index contributed by atoms with van der Waals surface area (Å²) in [6, 6.07) is 18.1. The summed E-state index contributed by atoms with van der Waals surface area (Å²) in [6.45, 7) is -0.268. The van der Waals surface area contributed by atoms with Gasteiger partial charge in [-0.1, -0.05) is 54.6 Å². The van der Waals surface area contributed by atoms with Crippen LogP contribution < -0.4 is 5.32 Å².